The Hall–Kier alpha value is -1.42. The van der Waals surface area contributed by atoms with Crippen LogP contribution in [-0.2, 0) is 13.0 Å². The highest BCUT2D eigenvalue weighted by Crippen LogP contribution is 2.23. The molecule has 0 unspecified atom stereocenters. The van der Waals surface area contributed by atoms with Gasteiger partial charge in [-0.05, 0) is 55.8 Å². The number of carbonyl (C=O) groups is 1. The van der Waals surface area contributed by atoms with Crippen molar-refractivity contribution in [3.8, 4) is 0 Å². The number of nitrogens with zero attached hydrogens (tertiary/aromatic N) is 2. The van der Waals surface area contributed by atoms with Gasteiger partial charge in [0.2, 0.25) is 0 Å². The molecule has 0 amide bonds. The van der Waals surface area contributed by atoms with Crippen LogP contribution in [0.2, 0.25) is 0 Å². The summed E-state index contributed by atoms with van der Waals surface area (Å²) in [6.45, 7) is 8.77. The van der Waals surface area contributed by atoms with Gasteiger partial charge in [0.15, 0.2) is 5.78 Å². The maximum absolute atomic E-state index is 12.5. The van der Waals surface area contributed by atoms with Crippen molar-refractivity contribution in [2.45, 2.75) is 40.7 Å². The highest BCUT2D eigenvalue weighted by molar-refractivity contribution is 9.10. The van der Waals surface area contributed by atoms with Crippen molar-refractivity contribution in [3.05, 3.63) is 50.8 Å². The number of hydrogen-bond acceptors (Lipinski definition) is 2. The second kappa shape index (κ2) is 5.92. The Morgan fingerprint density at radius 1 is 1.20 bits per heavy atom. The molecule has 0 saturated heterocycles. The van der Waals surface area contributed by atoms with E-state index in [1.807, 2.05) is 44.5 Å². The molecule has 20 heavy (non-hydrogen) atoms. The predicted octanol–water partition coefficient (Wildman–Crippen LogP) is 4.02. The molecule has 2 aromatic rings. The van der Waals surface area contributed by atoms with E-state index < -0.39 is 0 Å². The molecule has 106 valence electrons. The summed E-state index contributed by atoms with van der Waals surface area (Å²) in [5.74, 6) is 0.132. The van der Waals surface area contributed by atoms with Gasteiger partial charge in [-0.1, -0.05) is 17.2 Å². The van der Waals surface area contributed by atoms with Crippen molar-refractivity contribution >= 4 is 21.7 Å². The zero-order chi connectivity index (χ0) is 14.9. The smallest absolute Gasteiger partial charge is 0.168 e. The van der Waals surface area contributed by atoms with Crippen molar-refractivity contribution in [1.82, 2.24) is 9.78 Å². The lowest BCUT2D eigenvalue weighted by molar-refractivity contribution is 0.0990. The highest BCUT2D eigenvalue weighted by Gasteiger charge is 2.17. The second-order valence-electron chi connectivity index (χ2n) is 5.14. The number of aryl methyl sites for hydroxylation is 4. The van der Waals surface area contributed by atoms with Crippen LogP contribution < -0.4 is 0 Å². The average molecular weight is 335 g/mol. The summed E-state index contributed by atoms with van der Waals surface area (Å²) in [6.07, 6.45) is 0.373. The van der Waals surface area contributed by atoms with Crippen LogP contribution in [0.3, 0.4) is 0 Å². The SMILES string of the molecule is CCn1nc(C)c(Br)c1CC(=O)c1cc(C)cc(C)c1. The molecule has 0 spiro atoms. The first-order valence-corrected chi connectivity index (χ1v) is 7.55. The fourth-order valence-corrected chi connectivity index (χ4v) is 2.85. The molecular weight excluding hydrogens is 316 g/mol. The van der Waals surface area contributed by atoms with E-state index in [2.05, 4.69) is 27.1 Å². The van der Waals surface area contributed by atoms with Crippen LogP contribution in [0.1, 0.15) is 39.8 Å². The largest absolute Gasteiger partial charge is 0.294 e. The Morgan fingerprint density at radius 2 is 1.80 bits per heavy atom. The van der Waals surface area contributed by atoms with Crippen LogP contribution in [0.4, 0.5) is 0 Å². The molecule has 1 heterocycles. The molecule has 0 saturated carbocycles. The topological polar surface area (TPSA) is 34.9 Å². The molecule has 3 nitrogen and oxygen atoms in total. The minimum absolute atomic E-state index is 0.132. The van der Waals surface area contributed by atoms with Crippen molar-refractivity contribution in [2.75, 3.05) is 0 Å². The quantitative estimate of drug-likeness (QED) is 0.791. The molecule has 4 heteroatoms. The molecule has 0 fully saturated rings. The van der Waals surface area contributed by atoms with E-state index in [0.717, 1.165) is 39.1 Å². The summed E-state index contributed by atoms with van der Waals surface area (Å²) >= 11 is 3.54. The first-order chi connectivity index (χ1) is 9.42. The van der Waals surface area contributed by atoms with Crippen molar-refractivity contribution in [3.63, 3.8) is 0 Å². The molecule has 1 aromatic heterocycles. The number of rotatable bonds is 4. The van der Waals surface area contributed by atoms with Gasteiger partial charge in [-0.3, -0.25) is 9.48 Å². The second-order valence-corrected chi connectivity index (χ2v) is 5.93. The van der Waals surface area contributed by atoms with E-state index in [-0.39, 0.29) is 5.78 Å². The molecule has 1 aromatic carbocycles. The summed E-state index contributed by atoms with van der Waals surface area (Å²) in [7, 11) is 0. The van der Waals surface area contributed by atoms with Gasteiger partial charge < -0.3 is 0 Å². The normalized spacial score (nSPS) is 10.8. The monoisotopic (exact) mass is 334 g/mol. The van der Waals surface area contributed by atoms with Crippen LogP contribution in [0, 0.1) is 20.8 Å². The molecule has 0 aliphatic rings. The molecule has 0 atom stereocenters. The van der Waals surface area contributed by atoms with Gasteiger partial charge in [-0.2, -0.15) is 5.10 Å². The number of Topliss-reactive ketones (excluding diaryl/α,β-unsaturated/α-hetero) is 1. The lowest BCUT2D eigenvalue weighted by atomic mass is 10.0. The van der Waals surface area contributed by atoms with Crippen molar-refractivity contribution in [2.24, 2.45) is 0 Å². The predicted molar refractivity (Wildman–Crippen MR) is 84.3 cm³/mol. The van der Waals surface area contributed by atoms with Crippen LogP contribution in [-0.4, -0.2) is 15.6 Å². The van der Waals surface area contributed by atoms with Gasteiger partial charge in [0, 0.05) is 12.1 Å². The van der Waals surface area contributed by atoms with Gasteiger partial charge in [0.05, 0.1) is 22.3 Å². The van der Waals surface area contributed by atoms with Crippen LogP contribution in [0.5, 0.6) is 0 Å². The number of halogens is 1. The van der Waals surface area contributed by atoms with E-state index in [9.17, 15) is 4.79 Å². The maximum Gasteiger partial charge on any atom is 0.168 e. The fraction of sp³-hybridized carbons (Fsp3) is 0.375. The van der Waals surface area contributed by atoms with Crippen LogP contribution in [0.25, 0.3) is 0 Å². The number of hydrogen-bond donors (Lipinski definition) is 0. The lowest BCUT2D eigenvalue weighted by Gasteiger charge is -2.07. The van der Waals surface area contributed by atoms with Gasteiger partial charge in [0.25, 0.3) is 0 Å². The zero-order valence-electron chi connectivity index (χ0n) is 12.3. The zero-order valence-corrected chi connectivity index (χ0v) is 13.9. The minimum atomic E-state index is 0.132. The summed E-state index contributed by atoms with van der Waals surface area (Å²) < 4.78 is 2.83. The number of benzene rings is 1. The molecule has 0 aliphatic carbocycles. The third kappa shape index (κ3) is 3.01. The Kier molecular flexibility index (Phi) is 4.43. The Morgan fingerprint density at radius 3 is 2.35 bits per heavy atom. The fourth-order valence-electron chi connectivity index (χ4n) is 2.43. The Labute approximate surface area is 128 Å². The summed E-state index contributed by atoms with van der Waals surface area (Å²) in [5.41, 5.74) is 4.89. The summed E-state index contributed by atoms with van der Waals surface area (Å²) in [5, 5.41) is 4.43. The Balaban J connectivity index is 2.32. The molecule has 2 rings (SSSR count). The molecule has 0 aliphatic heterocycles. The van der Waals surface area contributed by atoms with Gasteiger partial charge >= 0.3 is 0 Å². The first-order valence-electron chi connectivity index (χ1n) is 6.75. The van der Waals surface area contributed by atoms with Crippen LogP contribution in [0.15, 0.2) is 22.7 Å². The van der Waals surface area contributed by atoms with E-state index in [4.69, 9.17) is 0 Å². The molecular formula is C16H19BrN2O. The third-order valence-electron chi connectivity index (χ3n) is 3.32. The van der Waals surface area contributed by atoms with Gasteiger partial charge in [-0.15, -0.1) is 0 Å². The average Bonchev–Trinajstić information content (AvgIpc) is 2.65. The third-order valence-corrected chi connectivity index (χ3v) is 4.36. The van der Waals surface area contributed by atoms with Gasteiger partial charge in [-0.25, -0.2) is 0 Å². The maximum atomic E-state index is 12.5. The van der Waals surface area contributed by atoms with Crippen molar-refractivity contribution < 1.29 is 4.79 Å². The summed E-state index contributed by atoms with van der Waals surface area (Å²) in [6, 6.07) is 5.97. The first kappa shape index (κ1) is 15.0. The number of ketones is 1. The standard InChI is InChI=1S/C16H19BrN2O/c1-5-19-14(16(17)12(4)18-19)9-15(20)13-7-10(2)6-11(3)8-13/h6-8H,5,9H2,1-4H3. The number of carbonyl (C=O) groups excluding carboxylic acids is 1. The Bertz CT molecular complexity index is 638. The molecule has 0 radical (unpaired) electrons. The van der Waals surface area contributed by atoms with Crippen LogP contribution >= 0.6 is 15.9 Å². The number of aromatic nitrogens is 2. The summed E-state index contributed by atoms with van der Waals surface area (Å²) in [4.78, 5) is 12.5. The van der Waals surface area contributed by atoms with Crippen molar-refractivity contribution in [1.29, 1.82) is 0 Å². The highest BCUT2D eigenvalue weighted by atomic mass is 79.9. The van der Waals surface area contributed by atoms with E-state index in [1.165, 1.54) is 0 Å². The van der Waals surface area contributed by atoms with E-state index >= 15 is 0 Å². The minimum Gasteiger partial charge on any atom is -0.294 e. The van der Waals surface area contributed by atoms with E-state index in [0.29, 0.717) is 6.42 Å². The van der Waals surface area contributed by atoms with E-state index in [1.54, 1.807) is 0 Å². The molecule has 0 bridgehead atoms. The molecule has 0 N–H and O–H groups in total. The lowest BCUT2D eigenvalue weighted by Crippen LogP contribution is -2.10. The van der Waals surface area contributed by atoms with Gasteiger partial charge in [0.1, 0.15) is 0 Å².